The van der Waals surface area contributed by atoms with Crippen LogP contribution in [0.25, 0.3) is 10.9 Å². The molecule has 1 aliphatic rings. The summed E-state index contributed by atoms with van der Waals surface area (Å²) in [5.74, 6) is 2.61. The molecule has 1 amide bonds. The van der Waals surface area contributed by atoms with Crippen LogP contribution in [0.5, 0.6) is 17.2 Å². The second kappa shape index (κ2) is 9.95. The molecule has 0 saturated heterocycles. The van der Waals surface area contributed by atoms with Crippen molar-refractivity contribution in [2.24, 2.45) is 0 Å². The molecule has 1 aliphatic heterocycles. The zero-order chi connectivity index (χ0) is 23.4. The molecule has 3 aromatic rings. The second-order valence-corrected chi connectivity index (χ2v) is 8.04. The third kappa shape index (κ3) is 4.96. The molecule has 33 heavy (non-hydrogen) atoms. The number of para-hydroxylation sites is 2. The second-order valence-electron chi connectivity index (χ2n) is 8.04. The molecule has 174 valence electrons. The molecular formula is C25H29N3O5. The van der Waals surface area contributed by atoms with Crippen molar-refractivity contribution >= 4 is 22.6 Å². The first-order chi connectivity index (χ1) is 16.0. The fourth-order valence-corrected chi connectivity index (χ4v) is 3.83. The SMILES string of the molecule is COCCN(Cc1cc2ccc(OC)cc2nc1N(C)C)C(=O)[C@@H]1COc2ccccc2O1. The van der Waals surface area contributed by atoms with Gasteiger partial charge in [-0.2, -0.15) is 0 Å². The van der Waals surface area contributed by atoms with Crippen molar-refractivity contribution in [1.82, 2.24) is 9.88 Å². The molecule has 8 heteroatoms. The van der Waals surface area contributed by atoms with Crippen molar-refractivity contribution in [2.75, 3.05) is 53.0 Å². The third-order valence-corrected chi connectivity index (χ3v) is 5.53. The average Bonchev–Trinajstić information content (AvgIpc) is 2.84. The molecule has 1 aromatic heterocycles. The van der Waals surface area contributed by atoms with E-state index in [2.05, 4.69) is 6.07 Å². The predicted octanol–water partition coefficient (Wildman–Crippen LogP) is 3.12. The van der Waals surface area contributed by atoms with Crippen LogP contribution in [0.3, 0.4) is 0 Å². The standard InChI is InChI=1S/C25H29N3O5/c1-27(2)24-18(13-17-9-10-19(31-4)14-20(17)26-24)15-28(11-12-30-3)25(29)23-16-32-21-7-5-6-8-22(21)33-23/h5-10,13-14,23H,11-12,15-16H2,1-4H3/t23-/m0/s1. The molecule has 0 unspecified atom stereocenters. The van der Waals surface area contributed by atoms with Gasteiger partial charge in [0.2, 0.25) is 6.10 Å². The van der Waals surface area contributed by atoms with Gasteiger partial charge in [-0.15, -0.1) is 0 Å². The topological polar surface area (TPSA) is 73.4 Å². The zero-order valence-electron chi connectivity index (χ0n) is 19.4. The number of rotatable bonds is 8. The number of fused-ring (bicyclic) bond motifs is 2. The number of ether oxygens (including phenoxy) is 4. The van der Waals surface area contributed by atoms with E-state index in [4.69, 9.17) is 23.9 Å². The first-order valence-corrected chi connectivity index (χ1v) is 10.8. The fraction of sp³-hybridized carbons (Fsp3) is 0.360. The number of aromatic nitrogens is 1. The Kier molecular flexibility index (Phi) is 6.84. The lowest BCUT2D eigenvalue weighted by molar-refractivity contribution is -0.142. The lowest BCUT2D eigenvalue weighted by Crippen LogP contribution is -2.47. The van der Waals surface area contributed by atoms with Crippen LogP contribution in [0.1, 0.15) is 5.56 Å². The number of hydrogen-bond donors (Lipinski definition) is 0. The van der Waals surface area contributed by atoms with E-state index in [1.54, 1.807) is 25.2 Å². The maximum absolute atomic E-state index is 13.5. The van der Waals surface area contributed by atoms with Gasteiger partial charge in [0, 0.05) is 51.3 Å². The summed E-state index contributed by atoms with van der Waals surface area (Å²) in [5, 5.41) is 0.974. The summed E-state index contributed by atoms with van der Waals surface area (Å²) in [6, 6.07) is 15.2. The summed E-state index contributed by atoms with van der Waals surface area (Å²) in [6.45, 7) is 1.36. The molecule has 4 rings (SSSR count). The van der Waals surface area contributed by atoms with E-state index in [9.17, 15) is 4.79 Å². The Morgan fingerprint density at radius 2 is 1.91 bits per heavy atom. The maximum atomic E-state index is 13.5. The highest BCUT2D eigenvalue weighted by Gasteiger charge is 2.31. The van der Waals surface area contributed by atoms with Crippen molar-refractivity contribution in [3.63, 3.8) is 0 Å². The number of amides is 1. The quantitative estimate of drug-likeness (QED) is 0.521. The number of pyridine rings is 1. The van der Waals surface area contributed by atoms with Gasteiger partial charge >= 0.3 is 0 Å². The van der Waals surface area contributed by atoms with E-state index in [1.165, 1.54) is 0 Å². The largest absolute Gasteiger partial charge is 0.497 e. The highest BCUT2D eigenvalue weighted by Crippen LogP contribution is 2.32. The number of hydrogen-bond acceptors (Lipinski definition) is 7. The Balaban J connectivity index is 1.63. The Morgan fingerprint density at radius 3 is 2.64 bits per heavy atom. The highest BCUT2D eigenvalue weighted by molar-refractivity contribution is 5.85. The molecule has 0 spiro atoms. The Morgan fingerprint density at radius 1 is 1.12 bits per heavy atom. The van der Waals surface area contributed by atoms with Crippen LogP contribution in [0.4, 0.5) is 5.82 Å². The van der Waals surface area contributed by atoms with Gasteiger partial charge < -0.3 is 28.7 Å². The van der Waals surface area contributed by atoms with Crippen molar-refractivity contribution in [2.45, 2.75) is 12.6 Å². The van der Waals surface area contributed by atoms with Gasteiger partial charge in [-0.25, -0.2) is 4.98 Å². The Bertz CT molecular complexity index is 1130. The van der Waals surface area contributed by atoms with Gasteiger partial charge in [-0.3, -0.25) is 4.79 Å². The first-order valence-electron chi connectivity index (χ1n) is 10.8. The summed E-state index contributed by atoms with van der Waals surface area (Å²) >= 11 is 0. The van der Waals surface area contributed by atoms with E-state index in [0.29, 0.717) is 31.2 Å². The van der Waals surface area contributed by atoms with E-state index in [-0.39, 0.29) is 12.5 Å². The smallest absolute Gasteiger partial charge is 0.267 e. The minimum Gasteiger partial charge on any atom is -0.497 e. The van der Waals surface area contributed by atoms with Gasteiger partial charge in [-0.1, -0.05) is 12.1 Å². The average molecular weight is 452 g/mol. The number of benzene rings is 2. The van der Waals surface area contributed by atoms with E-state index in [0.717, 1.165) is 28.0 Å². The number of carbonyl (C=O) groups is 1. The van der Waals surface area contributed by atoms with Crippen LogP contribution in [0.2, 0.25) is 0 Å². The van der Waals surface area contributed by atoms with Crippen LogP contribution in [-0.4, -0.2) is 70.0 Å². The van der Waals surface area contributed by atoms with Crippen molar-refractivity contribution in [1.29, 1.82) is 0 Å². The first kappa shape index (κ1) is 22.7. The van der Waals surface area contributed by atoms with Crippen molar-refractivity contribution < 1.29 is 23.7 Å². The van der Waals surface area contributed by atoms with Gasteiger partial charge in [0.15, 0.2) is 11.5 Å². The van der Waals surface area contributed by atoms with Gasteiger partial charge in [0.05, 0.1) is 19.2 Å². The third-order valence-electron chi connectivity index (χ3n) is 5.53. The van der Waals surface area contributed by atoms with Crippen LogP contribution in [-0.2, 0) is 16.1 Å². The monoisotopic (exact) mass is 451 g/mol. The summed E-state index contributed by atoms with van der Waals surface area (Å²) < 4.78 is 22.3. The van der Waals surface area contributed by atoms with Crippen LogP contribution >= 0.6 is 0 Å². The van der Waals surface area contributed by atoms with Gasteiger partial charge in [0.25, 0.3) is 5.91 Å². The molecule has 0 radical (unpaired) electrons. The number of carbonyl (C=O) groups excluding carboxylic acids is 1. The minimum absolute atomic E-state index is 0.152. The maximum Gasteiger partial charge on any atom is 0.267 e. The molecule has 0 aliphatic carbocycles. The molecule has 0 saturated carbocycles. The lowest BCUT2D eigenvalue weighted by atomic mass is 10.1. The molecule has 0 N–H and O–H groups in total. The molecule has 0 fully saturated rings. The van der Waals surface area contributed by atoms with Crippen molar-refractivity contribution in [3.05, 3.63) is 54.1 Å². The summed E-state index contributed by atoms with van der Waals surface area (Å²) in [5.41, 5.74) is 1.76. The molecule has 1 atom stereocenters. The normalized spacial score (nSPS) is 14.7. The van der Waals surface area contributed by atoms with Crippen LogP contribution < -0.4 is 19.1 Å². The van der Waals surface area contributed by atoms with E-state index >= 15 is 0 Å². The molecule has 8 nitrogen and oxygen atoms in total. The predicted molar refractivity (Wildman–Crippen MR) is 126 cm³/mol. The van der Waals surface area contributed by atoms with Crippen LogP contribution in [0.15, 0.2) is 48.5 Å². The van der Waals surface area contributed by atoms with Crippen molar-refractivity contribution in [3.8, 4) is 17.2 Å². The zero-order valence-corrected chi connectivity index (χ0v) is 19.4. The summed E-state index contributed by atoms with van der Waals surface area (Å²) in [6.07, 6.45) is -0.725. The Hall–Kier alpha value is -3.52. The number of nitrogens with zero attached hydrogens (tertiary/aromatic N) is 3. The minimum atomic E-state index is -0.725. The number of methoxy groups -OCH3 is 2. The number of anilines is 1. The van der Waals surface area contributed by atoms with E-state index in [1.807, 2.05) is 55.4 Å². The summed E-state index contributed by atoms with van der Waals surface area (Å²) in [4.78, 5) is 22.0. The molecular weight excluding hydrogens is 422 g/mol. The molecule has 2 aromatic carbocycles. The Labute approximate surface area is 193 Å². The summed E-state index contributed by atoms with van der Waals surface area (Å²) in [7, 11) is 7.13. The highest BCUT2D eigenvalue weighted by atomic mass is 16.6. The van der Waals surface area contributed by atoms with Gasteiger partial charge in [-0.05, 0) is 30.3 Å². The lowest BCUT2D eigenvalue weighted by Gasteiger charge is -2.31. The van der Waals surface area contributed by atoms with E-state index < -0.39 is 6.10 Å². The molecule has 2 heterocycles. The molecule has 0 bridgehead atoms. The fourth-order valence-electron chi connectivity index (χ4n) is 3.83. The van der Waals surface area contributed by atoms with Gasteiger partial charge in [0.1, 0.15) is 18.2 Å². The van der Waals surface area contributed by atoms with Crippen LogP contribution in [0, 0.1) is 0 Å².